The van der Waals surface area contributed by atoms with Gasteiger partial charge in [-0.1, -0.05) is 23.7 Å². The Morgan fingerprint density at radius 1 is 1.18 bits per heavy atom. The van der Waals surface area contributed by atoms with E-state index >= 15 is 0 Å². The van der Waals surface area contributed by atoms with Gasteiger partial charge in [0.25, 0.3) is 0 Å². The van der Waals surface area contributed by atoms with Gasteiger partial charge in [-0.25, -0.2) is 4.39 Å². The van der Waals surface area contributed by atoms with Gasteiger partial charge in [-0.05, 0) is 45.8 Å². The van der Waals surface area contributed by atoms with Gasteiger partial charge in [-0.2, -0.15) is 0 Å². The molecule has 2 aromatic carbocycles. The molecule has 0 fully saturated rings. The second-order valence-corrected chi connectivity index (χ2v) is 4.79. The predicted octanol–water partition coefficient (Wildman–Crippen LogP) is 4.82. The van der Waals surface area contributed by atoms with Crippen LogP contribution in [0.2, 0.25) is 5.02 Å². The van der Waals surface area contributed by atoms with Gasteiger partial charge in [0.1, 0.15) is 18.2 Å². The molecule has 0 atom stereocenters. The molecular weight excluding hydrogens is 306 g/mol. The van der Waals surface area contributed by atoms with E-state index in [1.54, 1.807) is 18.2 Å². The van der Waals surface area contributed by atoms with Gasteiger partial charge in [-0.3, -0.25) is 0 Å². The third-order valence-electron chi connectivity index (χ3n) is 2.19. The Bertz CT molecular complexity index is 531. The van der Waals surface area contributed by atoms with Gasteiger partial charge in [-0.15, -0.1) is 0 Å². The predicted molar refractivity (Wildman–Crippen MR) is 69.9 cm³/mol. The molecule has 0 radical (unpaired) electrons. The quantitative estimate of drug-likeness (QED) is 0.789. The summed E-state index contributed by atoms with van der Waals surface area (Å²) in [5.41, 5.74) is 0.945. The highest BCUT2D eigenvalue weighted by atomic mass is 79.9. The van der Waals surface area contributed by atoms with Crippen molar-refractivity contribution in [2.75, 3.05) is 0 Å². The Morgan fingerprint density at radius 3 is 2.71 bits per heavy atom. The second-order valence-electron chi connectivity index (χ2n) is 3.49. The van der Waals surface area contributed by atoms with Crippen molar-refractivity contribution in [3.63, 3.8) is 0 Å². The largest absolute Gasteiger partial charge is 0.489 e. The van der Waals surface area contributed by atoms with Crippen molar-refractivity contribution in [1.82, 2.24) is 0 Å². The molecule has 0 aliphatic carbocycles. The molecule has 0 aliphatic heterocycles. The van der Waals surface area contributed by atoms with E-state index in [1.807, 2.05) is 18.2 Å². The maximum Gasteiger partial charge on any atom is 0.141 e. The summed E-state index contributed by atoms with van der Waals surface area (Å²) in [6.45, 7) is 0.363. The Hall–Kier alpha value is -1.06. The van der Waals surface area contributed by atoms with Crippen molar-refractivity contribution in [1.29, 1.82) is 0 Å². The van der Waals surface area contributed by atoms with Gasteiger partial charge in [0, 0.05) is 11.1 Å². The molecule has 0 heterocycles. The average Bonchev–Trinajstić information content (AvgIpc) is 2.31. The molecule has 17 heavy (non-hydrogen) atoms. The van der Waals surface area contributed by atoms with Crippen LogP contribution < -0.4 is 4.74 Å². The molecule has 88 valence electrons. The SMILES string of the molecule is Fc1cc(OCc2cccc(Cl)c2)ccc1Br. The van der Waals surface area contributed by atoms with Gasteiger partial charge in [0.15, 0.2) is 0 Å². The van der Waals surface area contributed by atoms with Crippen LogP contribution in [-0.4, -0.2) is 0 Å². The third-order valence-corrected chi connectivity index (χ3v) is 3.06. The number of halogens is 3. The van der Waals surface area contributed by atoms with Crippen LogP contribution in [0.1, 0.15) is 5.56 Å². The summed E-state index contributed by atoms with van der Waals surface area (Å²) >= 11 is 8.94. The highest BCUT2D eigenvalue weighted by Crippen LogP contribution is 2.22. The van der Waals surface area contributed by atoms with Crippen LogP contribution in [0.4, 0.5) is 4.39 Å². The average molecular weight is 316 g/mol. The van der Waals surface area contributed by atoms with E-state index < -0.39 is 0 Å². The first-order valence-electron chi connectivity index (χ1n) is 4.97. The van der Waals surface area contributed by atoms with Crippen LogP contribution in [0, 0.1) is 5.82 Å². The molecule has 2 rings (SSSR count). The summed E-state index contributed by atoms with van der Waals surface area (Å²) in [7, 11) is 0. The maximum atomic E-state index is 13.2. The standard InChI is InChI=1S/C13H9BrClFO/c14-12-5-4-11(7-13(12)16)17-8-9-2-1-3-10(15)6-9/h1-7H,8H2. The van der Waals surface area contributed by atoms with Gasteiger partial charge in [0.05, 0.1) is 4.47 Å². The summed E-state index contributed by atoms with van der Waals surface area (Å²) < 4.78 is 19.1. The highest BCUT2D eigenvalue weighted by molar-refractivity contribution is 9.10. The molecular formula is C13H9BrClFO. The van der Waals surface area contributed by atoms with E-state index in [1.165, 1.54) is 6.07 Å². The molecule has 0 saturated carbocycles. The molecule has 1 nitrogen and oxygen atoms in total. The normalized spacial score (nSPS) is 10.3. The topological polar surface area (TPSA) is 9.23 Å². The van der Waals surface area contributed by atoms with Crippen LogP contribution in [0.15, 0.2) is 46.9 Å². The molecule has 4 heteroatoms. The van der Waals surface area contributed by atoms with Crippen LogP contribution in [0.5, 0.6) is 5.75 Å². The van der Waals surface area contributed by atoms with Crippen molar-refractivity contribution >= 4 is 27.5 Å². The number of ether oxygens (including phenoxy) is 1. The molecule has 0 aliphatic rings. The first-order valence-corrected chi connectivity index (χ1v) is 6.14. The van der Waals surface area contributed by atoms with Crippen molar-refractivity contribution in [3.05, 3.63) is 63.3 Å². The minimum atomic E-state index is -0.339. The first-order chi connectivity index (χ1) is 8.15. The van der Waals surface area contributed by atoms with Crippen molar-refractivity contribution in [2.24, 2.45) is 0 Å². The van der Waals surface area contributed by atoms with E-state index in [2.05, 4.69) is 15.9 Å². The monoisotopic (exact) mass is 314 g/mol. The zero-order chi connectivity index (χ0) is 12.3. The fraction of sp³-hybridized carbons (Fsp3) is 0.0769. The number of benzene rings is 2. The fourth-order valence-corrected chi connectivity index (χ4v) is 1.82. The summed E-state index contributed by atoms with van der Waals surface area (Å²) in [5.74, 6) is 0.152. The molecule has 0 spiro atoms. The van der Waals surface area contributed by atoms with E-state index in [0.717, 1.165) is 5.56 Å². The zero-order valence-corrected chi connectivity index (χ0v) is 11.1. The van der Waals surface area contributed by atoms with Crippen LogP contribution in [0.25, 0.3) is 0 Å². The van der Waals surface area contributed by atoms with Crippen molar-refractivity contribution in [3.8, 4) is 5.75 Å². The molecule has 0 bridgehead atoms. The molecule has 0 unspecified atom stereocenters. The minimum absolute atomic E-state index is 0.339. The smallest absolute Gasteiger partial charge is 0.141 e. The van der Waals surface area contributed by atoms with E-state index in [-0.39, 0.29) is 5.82 Å². The van der Waals surface area contributed by atoms with E-state index in [9.17, 15) is 4.39 Å². The lowest BCUT2D eigenvalue weighted by Gasteiger charge is -2.07. The number of hydrogen-bond acceptors (Lipinski definition) is 1. The van der Waals surface area contributed by atoms with Crippen LogP contribution >= 0.6 is 27.5 Å². The Kier molecular flexibility index (Phi) is 4.02. The van der Waals surface area contributed by atoms with Gasteiger partial charge < -0.3 is 4.74 Å². The Morgan fingerprint density at radius 2 is 2.00 bits per heavy atom. The van der Waals surface area contributed by atoms with E-state index in [0.29, 0.717) is 21.9 Å². The number of hydrogen-bond donors (Lipinski definition) is 0. The molecule has 0 N–H and O–H groups in total. The molecule has 2 aromatic rings. The lowest BCUT2D eigenvalue weighted by molar-refractivity contribution is 0.304. The maximum absolute atomic E-state index is 13.2. The first kappa shape index (κ1) is 12.4. The minimum Gasteiger partial charge on any atom is -0.489 e. The zero-order valence-electron chi connectivity index (χ0n) is 8.79. The van der Waals surface area contributed by atoms with Crippen molar-refractivity contribution < 1.29 is 9.13 Å². The summed E-state index contributed by atoms with van der Waals surface area (Å²) in [4.78, 5) is 0. The molecule has 0 amide bonds. The summed E-state index contributed by atoms with van der Waals surface area (Å²) in [6.07, 6.45) is 0. The lowest BCUT2D eigenvalue weighted by atomic mass is 10.2. The van der Waals surface area contributed by atoms with Crippen molar-refractivity contribution in [2.45, 2.75) is 6.61 Å². The van der Waals surface area contributed by atoms with Gasteiger partial charge >= 0.3 is 0 Å². The Balaban J connectivity index is 2.05. The summed E-state index contributed by atoms with van der Waals surface area (Å²) in [5, 5.41) is 0.660. The summed E-state index contributed by atoms with van der Waals surface area (Å²) in [6, 6.07) is 12.0. The van der Waals surface area contributed by atoms with Crippen LogP contribution in [-0.2, 0) is 6.61 Å². The lowest BCUT2D eigenvalue weighted by Crippen LogP contribution is -1.95. The second kappa shape index (κ2) is 5.52. The highest BCUT2D eigenvalue weighted by Gasteiger charge is 2.02. The third kappa shape index (κ3) is 3.45. The fourth-order valence-electron chi connectivity index (χ4n) is 1.36. The van der Waals surface area contributed by atoms with E-state index in [4.69, 9.17) is 16.3 Å². The Labute approximate surface area is 112 Å². The van der Waals surface area contributed by atoms with Gasteiger partial charge in [0.2, 0.25) is 0 Å². The van der Waals surface area contributed by atoms with Crippen LogP contribution in [0.3, 0.4) is 0 Å². The number of rotatable bonds is 3. The molecule has 0 aromatic heterocycles. The molecule has 0 saturated heterocycles.